The molecule has 4 rings (SSSR count). The van der Waals surface area contributed by atoms with Gasteiger partial charge in [0.15, 0.2) is 14.9 Å². The molecule has 2 atom stereocenters. The Labute approximate surface area is 158 Å². The minimum absolute atomic E-state index is 0.110. The summed E-state index contributed by atoms with van der Waals surface area (Å²) in [6, 6.07) is 0.835. The molecular weight excluding hydrogens is 364 g/mol. The molecule has 3 N–H and O–H groups in total. The molecule has 0 aromatic carbocycles. The van der Waals surface area contributed by atoms with Crippen LogP contribution in [0.5, 0.6) is 0 Å². The highest BCUT2D eigenvalue weighted by Crippen LogP contribution is 2.41. The van der Waals surface area contributed by atoms with Crippen LogP contribution >= 0.6 is 0 Å². The zero-order chi connectivity index (χ0) is 19.2. The zero-order valence-electron chi connectivity index (χ0n) is 15.6. The Morgan fingerprint density at radius 1 is 1.41 bits per heavy atom. The van der Waals surface area contributed by atoms with Gasteiger partial charge in [-0.2, -0.15) is 5.10 Å². The number of rotatable bonds is 3. The lowest BCUT2D eigenvalue weighted by molar-refractivity contribution is 0.260. The summed E-state index contributed by atoms with van der Waals surface area (Å²) in [6.07, 6.45) is 6.41. The lowest BCUT2D eigenvalue weighted by atomic mass is 10.0. The number of hydrogen-bond donors (Lipinski definition) is 2. The van der Waals surface area contributed by atoms with Crippen molar-refractivity contribution in [1.29, 1.82) is 0 Å². The molecule has 27 heavy (non-hydrogen) atoms. The van der Waals surface area contributed by atoms with Crippen molar-refractivity contribution in [1.82, 2.24) is 14.8 Å². The van der Waals surface area contributed by atoms with E-state index in [0.29, 0.717) is 12.5 Å². The predicted octanol–water partition coefficient (Wildman–Crippen LogP) is 2.77. The average molecular weight is 388 g/mol. The van der Waals surface area contributed by atoms with Crippen LogP contribution in [0.4, 0.5) is 10.5 Å². The normalized spacial score (nSPS) is 20.0. The molecule has 2 aromatic heterocycles. The lowest BCUT2D eigenvalue weighted by Gasteiger charge is -2.15. The van der Waals surface area contributed by atoms with Crippen LogP contribution in [0.2, 0.25) is 0 Å². The van der Waals surface area contributed by atoms with Crippen LogP contribution in [0.25, 0.3) is 0 Å². The molecule has 2 aromatic rings. The van der Waals surface area contributed by atoms with Gasteiger partial charge in [0.25, 0.3) is 0 Å². The molecule has 0 aliphatic heterocycles. The number of pyridine rings is 1. The summed E-state index contributed by atoms with van der Waals surface area (Å²) in [5.74, 6) is 0.384. The maximum atomic E-state index is 12.7. The third-order valence-electron chi connectivity index (χ3n) is 5.34. The van der Waals surface area contributed by atoms with E-state index in [4.69, 9.17) is 10.1 Å². The van der Waals surface area contributed by atoms with Crippen LogP contribution in [0.15, 0.2) is 21.7 Å². The first-order valence-electron chi connectivity index (χ1n) is 9.33. The topological polar surface area (TPSA) is 115 Å². The van der Waals surface area contributed by atoms with Crippen LogP contribution in [0.1, 0.15) is 55.1 Å². The van der Waals surface area contributed by atoms with Crippen LogP contribution in [-0.4, -0.2) is 25.0 Å². The zero-order valence-corrected chi connectivity index (χ0v) is 16.4. The molecule has 9 heteroatoms. The van der Waals surface area contributed by atoms with E-state index < -0.39 is 15.9 Å². The Balaban J connectivity index is 1.68. The number of nitrogens with zero attached hydrogens (tertiary/aromatic N) is 4. The molecule has 2 aliphatic carbocycles. The van der Waals surface area contributed by atoms with Gasteiger partial charge in [0, 0.05) is 24.1 Å². The van der Waals surface area contributed by atoms with Crippen molar-refractivity contribution < 1.29 is 9.00 Å². The van der Waals surface area contributed by atoms with E-state index in [1.165, 1.54) is 6.07 Å². The SMILES string of the molecule is CCn1ccc(S(N)(=O)=NC(=O)Nc2c3c(nc4c2CC[C@H]4C)CCC3)n1. The number of aromatic nitrogens is 3. The molecule has 0 bridgehead atoms. The van der Waals surface area contributed by atoms with Crippen molar-refractivity contribution in [3.8, 4) is 0 Å². The number of nitrogens with one attached hydrogen (secondary N) is 1. The quantitative estimate of drug-likeness (QED) is 0.841. The summed E-state index contributed by atoms with van der Waals surface area (Å²) in [5.41, 5.74) is 5.12. The van der Waals surface area contributed by atoms with E-state index in [0.717, 1.165) is 60.3 Å². The third-order valence-corrected chi connectivity index (χ3v) is 6.60. The maximum Gasteiger partial charge on any atom is 0.354 e. The van der Waals surface area contributed by atoms with E-state index in [1.807, 2.05) is 6.92 Å². The van der Waals surface area contributed by atoms with E-state index in [2.05, 4.69) is 21.7 Å². The molecule has 0 spiro atoms. The monoisotopic (exact) mass is 388 g/mol. The second-order valence-corrected chi connectivity index (χ2v) is 8.91. The highest BCUT2D eigenvalue weighted by Gasteiger charge is 2.30. The Bertz CT molecular complexity index is 1030. The van der Waals surface area contributed by atoms with Gasteiger partial charge < -0.3 is 5.32 Å². The average Bonchev–Trinajstić information content (AvgIpc) is 3.34. The molecule has 2 amide bonds. The molecule has 0 radical (unpaired) electrons. The number of carbonyl (C=O) groups excluding carboxylic acids is 1. The number of urea groups is 1. The van der Waals surface area contributed by atoms with Gasteiger partial charge in [0.05, 0.1) is 5.69 Å². The molecule has 2 aliphatic rings. The third kappa shape index (κ3) is 3.25. The molecule has 144 valence electrons. The summed E-state index contributed by atoms with van der Waals surface area (Å²) in [6.45, 7) is 4.69. The molecule has 0 saturated carbocycles. The van der Waals surface area contributed by atoms with E-state index >= 15 is 0 Å². The first-order valence-corrected chi connectivity index (χ1v) is 10.9. The highest BCUT2D eigenvalue weighted by molar-refractivity contribution is 7.91. The minimum atomic E-state index is -3.39. The first kappa shape index (κ1) is 18.1. The van der Waals surface area contributed by atoms with E-state index in [-0.39, 0.29) is 5.03 Å². The Kier molecular flexibility index (Phi) is 4.51. The Morgan fingerprint density at radius 2 is 2.22 bits per heavy atom. The Morgan fingerprint density at radius 3 is 2.96 bits per heavy atom. The van der Waals surface area contributed by atoms with Gasteiger partial charge in [0.1, 0.15) is 0 Å². The fourth-order valence-corrected chi connectivity index (χ4v) is 4.79. The van der Waals surface area contributed by atoms with Gasteiger partial charge in [-0.3, -0.25) is 9.67 Å². The second kappa shape index (κ2) is 6.72. The number of carbonyl (C=O) groups is 1. The minimum Gasteiger partial charge on any atom is -0.305 e. The summed E-state index contributed by atoms with van der Waals surface area (Å²) < 4.78 is 18.0. The van der Waals surface area contributed by atoms with Crippen LogP contribution in [0, 0.1) is 0 Å². The van der Waals surface area contributed by atoms with Crippen LogP contribution in [-0.2, 0) is 35.7 Å². The molecule has 2 heterocycles. The van der Waals surface area contributed by atoms with Crippen molar-refractivity contribution in [2.75, 3.05) is 5.32 Å². The number of nitrogens with two attached hydrogens (primary N) is 1. The molecular formula is C18H24N6O2S. The fourth-order valence-electron chi connectivity index (χ4n) is 3.93. The standard InChI is InChI=1S/C18H24N6O2S/c1-3-24-10-9-15(22-24)27(19,26)23-18(25)21-17-12-5-4-6-14(12)20-16-11(2)7-8-13(16)17/h9-11H,3-8H2,1-2H3,(H3,19,20,21,23,25,26)/t11-,27?/m1/s1. The van der Waals surface area contributed by atoms with Crippen LogP contribution < -0.4 is 10.5 Å². The largest absolute Gasteiger partial charge is 0.354 e. The van der Waals surface area contributed by atoms with Crippen molar-refractivity contribution in [3.05, 3.63) is 34.8 Å². The summed E-state index contributed by atoms with van der Waals surface area (Å²) in [7, 11) is -3.39. The number of fused-ring (bicyclic) bond motifs is 2. The van der Waals surface area contributed by atoms with Gasteiger partial charge in [-0.25, -0.2) is 14.1 Å². The maximum absolute atomic E-state index is 12.7. The smallest absolute Gasteiger partial charge is 0.305 e. The Hall–Kier alpha value is -2.26. The van der Waals surface area contributed by atoms with Gasteiger partial charge in [0.2, 0.25) is 0 Å². The van der Waals surface area contributed by atoms with Gasteiger partial charge >= 0.3 is 6.03 Å². The fraction of sp³-hybridized carbons (Fsp3) is 0.500. The number of anilines is 1. The highest BCUT2D eigenvalue weighted by atomic mass is 32.2. The number of aryl methyl sites for hydroxylation is 2. The molecule has 8 nitrogen and oxygen atoms in total. The van der Waals surface area contributed by atoms with Gasteiger partial charge in [-0.1, -0.05) is 6.92 Å². The van der Waals surface area contributed by atoms with Crippen molar-refractivity contribution in [2.45, 2.75) is 63.4 Å². The van der Waals surface area contributed by atoms with Gasteiger partial charge in [-0.05, 0) is 62.1 Å². The van der Waals surface area contributed by atoms with Gasteiger partial charge in [-0.15, -0.1) is 4.36 Å². The van der Waals surface area contributed by atoms with E-state index in [1.54, 1.807) is 10.9 Å². The molecule has 0 fully saturated rings. The van der Waals surface area contributed by atoms with E-state index in [9.17, 15) is 9.00 Å². The van der Waals surface area contributed by atoms with Crippen molar-refractivity contribution >= 4 is 21.6 Å². The number of hydrogen-bond acceptors (Lipinski definition) is 4. The summed E-state index contributed by atoms with van der Waals surface area (Å²) in [4.78, 5) is 17.4. The predicted molar refractivity (Wildman–Crippen MR) is 103 cm³/mol. The molecule has 0 saturated heterocycles. The second-order valence-electron chi connectivity index (χ2n) is 7.17. The van der Waals surface area contributed by atoms with Crippen molar-refractivity contribution in [2.24, 2.45) is 9.50 Å². The summed E-state index contributed by atoms with van der Waals surface area (Å²) >= 11 is 0. The van der Waals surface area contributed by atoms with Crippen molar-refractivity contribution in [3.63, 3.8) is 0 Å². The molecule has 1 unspecified atom stereocenters. The number of amides is 2. The van der Waals surface area contributed by atoms with Crippen LogP contribution in [0.3, 0.4) is 0 Å². The summed E-state index contributed by atoms with van der Waals surface area (Å²) in [5, 5.41) is 12.9. The lowest BCUT2D eigenvalue weighted by Crippen LogP contribution is -2.19. The first-order chi connectivity index (χ1) is 12.9.